The van der Waals surface area contributed by atoms with Gasteiger partial charge < -0.3 is 20.3 Å². The van der Waals surface area contributed by atoms with E-state index in [0.29, 0.717) is 26.0 Å². The van der Waals surface area contributed by atoms with Gasteiger partial charge in [0.05, 0.1) is 17.8 Å². The molecule has 0 atom stereocenters. The number of para-hydroxylation sites is 1. The summed E-state index contributed by atoms with van der Waals surface area (Å²) in [5.41, 5.74) is 6.60. The van der Waals surface area contributed by atoms with Crippen molar-refractivity contribution in [3.8, 4) is 11.3 Å². The SMILES string of the molecule is C=CCN(CCO)c1nc2c(-c3cc(C)c(CCNC=O)[nH]3)cccc2nc1C. The molecular formula is C22H27N5O2. The first-order valence-electron chi connectivity index (χ1n) is 9.69. The lowest BCUT2D eigenvalue weighted by Crippen LogP contribution is -2.28. The number of hydrogen-bond acceptors (Lipinski definition) is 5. The van der Waals surface area contributed by atoms with Gasteiger partial charge in [-0.3, -0.25) is 4.79 Å². The van der Waals surface area contributed by atoms with E-state index in [1.165, 1.54) is 0 Å². The topological polar surface area (TPSA) is 94.1 Å². The lowest BCUT2D eigenvalue weighted by atomic mass is 10.1. The van der Waals surface area contributed by atoms with E-state index in [4.69, 9.17) is 9.97 Å². The fourth-order valence-corrected chi connectivity index (χ4v) is 3.50. The highest BCUT2D eigenvalue weighted by Crippen LogP contribution is 2.30. The fourth-order valence-electron chi connectivity index (χ4n) is 3.50. The molecule has 2 heterocycles. The summed E-state index contributed by atoms with van der Waals surface area (Å²) in [5.74, 6) is 0.748. The monoisotopic (exact) mass is 393 g/mol. The van der Waals surface area contributed by atoms with Gasteiger partial charge in [0, 0.05) is 43.0 Å². The molecule has 29 heavy (non-hydrogen) atoms. The van der Waals surface area contributed by atoms with Crippen LogP contribution in [0.5, 0.6) is 0 Å². The zero-order chi connectivity index (χ0) is 20.8. The highest BCUT2D eigenvalue weighted by Gasteiger charge is 2.16. The number of anilines is 1. The van der Waals surface area contributed by atoms with Crippen molar-refractivity contribution >= 4 is 23.3 Å². The Morgan fingerprint density at radius 3 is 2.86 bits per heavy atom. The van der Waals surface area contributed by atoms with Crippen LogP contribution in [0.3, 0.4) is 0 Å². The van der Waals surface area contributed by atoms with Crippen LogP contribution in [0.2, 0.25) is 0 Å². The van der Waals surface area contributed by atoms with Crippen molar-refractivity contribution in [3.63, 3.8) is 0 Å². The third-order valence-corrected chi connectivity index (χ3v) is 4.88. The van der Waals surface area contributed by atoms with Gasteiger partial charge in [0.1, 0.15) is 5.52 Å². The zero-order valence-corrected chi connectivity index (χ0v) is 16.9. The first kappa shape index (κ1) is 20.5. The molecule has 0 saturated heterocycles. The molecule has 0 saturated carbocycles. The number of benzene rings is 1. The summed E-state index contributed by atoms with van der Waals surface area (Å²) in [6, 6.07) is 8.06. The van der Waals surface area contributed by atoms with E-state index in [-0.39, 0.29) is 6.61 Å². The molecule has 1 aromatic carbocycles. The Morgan fingerprint density at radius 2 is 2.14 bits per heavy atom. The Morgan fingerprint density at radius 1 is 1.31 bits per heavy atom. The van der Waals surface area contributed by atoms with Crippen molar-refractivity contribution in [1.29, 1.82) is 0 Å². The van der Waals surface area contributed by atoms with E-state index in [1.54, 1.807) is 6.08 Å². The third kappa shape index (κ3) is 4.46. The van der Waals surface area contributed by atoms with Gasteiger partial charge in [0.2, 0.25) is 6.41 Å². The maximum atomic E-state index is 10.5. The average Bonchev–Trinajstić information content (AvgIpc) is 3.07. The van der Waals surface area contributed by atoms with Crippen LogP contribution in [0.4, 0.5) is 5.82 Å². The molecule has 3 rings (SSSR count). The standard InChI is InChI=1S/C22H27N5O2/c1-4-10-27(11-12-28)22-16(3)24-19-7-5-6-17(21(19)26-22)20-13-15(2)18(25-20)8-9-23-14-29/h4-7,13-14,25,28H,1,8-12H2,2-3H3,(H,23,29). The Kier molecular flexibility index (Phi) is 6.61. The van der Waals surface area contributed by atoms with Crippen LogP contribution in [-0.4, -0.2) is 52.7 Å². The number of carbonyl (C=O) groups is 1. The number of amides is 1. The number of rotatable bonds is 10. The molecule has 1 amide bonds. The van der Waals surface area contributed by atoms with Gasteiger partial charge in [0.15, 0.2) is 5.82 Å². The highest BCUT2D eigenvalue weighted by atomic mass is 16.3. The lowest BCUT2D eigenvalue weighted by Gasteiger charge is -2.23. The Labute approximate surface area is 170 Å². The number of hydrogen-bond donors (Lipinski definition) is 3. The maximum absolute atomic E-state index is 10.5. The molecule has 0 spiro atoms. The van der Waals surface area contributed by atoms with E-state index in [9.17, 15) is 9.90 Å². The summed E-state index contributed by atoms with van der Waals surface area (Å²) in [7, 11) is 0. The normalized spacial score (nSPS) is 10.9. The minimum Gasteiger partial charge on any atom is -0.395 e. The number of H-pyrrole nitrogens is 1. The summed E-state index contributed by atoms with van der Waals surface area (Å²) < 4.78 is 0. The van der Waals surface area contributed by atoms with Crippen LogP contribution in [0.1, 0.15) is 17.0 Å². The molecule has 0 fully saturated rings. The number of nitrogens with zero attached hydrogens (tertiary/aromatic N) is 3. The predicted octanol–water partition coefficient (Wildman–Crippen LogP) is 2.51. The van der Waals surface area contributed by atoms with Gasteiger partial charge in [-0.2, -0.15) is 0 Å². The van der Waals surface area contributed by atoms with Crippen LogP contribution >= 0.6 is 0 Å². The summed E-state index contributed by atoms with van der Waals surface area (Å²) >= 11 is 0. The molecule has 2 aromatic heterocycles. The molecule has 0 unspecified atom stereocenters. The molecular weight excluding hydrogens is 366 g/mol. The third-order valence-electron chi connectivity index (χ3n) is 4.88. The lowest BCUT2D eigenvalue weighted by molar-refractivity contribution is -0.109. The van der Waals surface area contributed by atoms with E-state index in [1.807, 2.05) is 30.0 Å². The zero-order valence-electron chi connectivity index (χ0n) is 16.9. The van der Waals surface area contributed by atoms with Gasteiger partial charge >= 0.3 is 0 Å². The molecule has 7 heteroatoms. The second-order valence-electron chi connectivity index (χ2n) is 6.93. The number of aromatic nitrogens is 3. The number of aromatic amines is 1. The maximum Gasteiger partial charge on any atom is 0.207 e. The van der Waals surface area contributed by atoms with Crippen LogP contribution < -0.4 is 10.2 Å². The second-order valence-corrected chi connectivity index (χ2v) is 6.93. The van der Waals surface area contributed by atoms with Gasteiger partial charge in [-0.15, -0.1) is 6.58 Å². The van der Waals surface area contributed by atoms with Gasteiger partial charge in [-0.05, 0) is 31.5 Å². The van der Waals surface area contributed by atoms with Crippen LogP contribution in [-0.2, 0) is 11.2 Å². The smallest absolute Gasteiger partial charge is 0.207 e. The Balaban J connectivity index is 2.07. The Bertz CT molecular complexity index is 1010. The second kappa shape index (κ2) is 9.34. The van der Waals surface area contributed by atoms with Crippen molar-refractivity contribution in [2.24, 2.45) is 0 Å². The number of carbonyl (C=O) groups excluding carboxylic acids is 1. The summed E-state index contributed by atoms with van der Waals surface area (Å²) in [6.45, 7) is 9.45. The van der Waals surface area contributed by atoms with Gasteiger partial charge in [0.25, 0.3) is 0 Å². The van der Waals surface area contributed by atoms with Crippen molar-refractivity contribution < 1.29 is 9.90 Å². The molecule has 152 valence electrons. The fraction of sp³-hybridized carbons (Fsp3) is 0.318. The largest absolute Gasteiger partial charge is 0.395 e. The quantitative estimate of drug-likeness (QED) is 0.280. The number of aryl methyl sites for hydroxylation is 2. The Hall–Kier alpha value is -3.19. The first-order chi connectivity index (χ1) is 14.1. The highest BCUT2D eigenvalue weighted by molar-refractivity contribution is 5.91. The number of aliphatic hydroxyl groups is 1. The van der Waals surface area contributed by atoms with Crippen LogP contribution in [0.25, 0.3) is 22.3 Å². The molecule has 0 aliphatic rings. The van der Waals surface area contributed by atoms with Gasteiger partial charge in [-0.25, -0.2) is 9.97 Å². The molecule has 0 bridgehead atoms. The van der Waals surface area contributed by atoms with E-state index in [0.717, 1.165) is 51.5 Å². The van der Waals surface area contributed by atoms with Gasteiger partial charge in [-0.1, -0.05) is 18.2 Å². The number of fused-ring (bicyclic) bond motifs is 1. The minimum absolute atomic E-state index is 0.0304. The predicted molar refractivity (Wildman–Crippen MR) is 116 cm³/mol. The van der Waals surface area contributed by atoms with Crippen molar-refractivity contribution in [3.05, 3.63) is 53.9 Å². The summed E-state index contributed by atoms with van der Waals surface area (Å²) in [5, 5.41) is 12.1. The first-order valence-corrected chi connectivity index (χ1v) is 9.69. The minimum atomic E-state index is 0.0304. The van der Waals surface area contributed by atoms with Crippen LogP contribution in [0.15, 0.2) is 36.9 Å². The van der Waals surface area contributed by atoms with Crippen molar-refractivity contribution in [1.82, 2.24) is 20.3 Å². The van der Waals surface area contributed by atoms with E-state index >= 15 is 0 Å². The van der Waals surface area contributed by atoms with E-state index < -0.39 is 0 Å². The molecule has 0 radical (unpaired) electrons. The number of aliphatic hydroxyl groups excluding tert-OH is 1. The molecule has 3 N–H and O–H groups in total. The summed E-state index contributed by atoms with van der Waals surface area (Å²) in [4.78, 5) is 25.6. The molecule has 3 aromatic rings. The molecule has 0 aliphatic carbocycles. The van der Waals surface area contributed by atoms with E-state index in [2.05, 4.69) is 29.9 Å². The number of nitrogens with one attached hydrogen (secondary N) is 2. The van der Waals surface area contributed by atoms with Crippen molar-refractivity contribution in [2.75, 3.05) is 31.1 Å². The van der Waals surface area contributed by atoms with Crippen molar-refractivity contribution in [2.45, 2.75) is 20.3 Å². The van der Waals surface area contributed by atoms with Crippen LogP contribution in [0, 0.1) is 13.8 Å². The summed E-state index contributed by atoms with van der Waals surface area (Å²) in [6.07, 6.45) is 3.24. The molecule has 7 nitrogen and oxygen atoms in total. The average molecular weight is 393 g/mol. The molecule has 0 aliphatic heterocycles.